The lowest BCUT2D eigenvalue weighted by Gasteiger charge is -2.22. The molecule has 0 unspecified atom stereocenters. The van der Waals surface area contributed by atoms with E-state index in [1.165, 1.54) is 24.8 Å². The molecule has 1 aliphatic rings. The Balaban J connectivity index is 1.62. The van der Waals surface area contributed by atoms with Gasteiger partial charge >= 0.3 is 6.03 Å². The lowest BCUT2D eigenvalue weighted by atomic mass is 9.96. The van der Waals surface area contributed by atoms with Gasteiger partial charge in [-0.25, -0.2) is 4.79 Å². The molecule has 1 saturated carbocycles. The summed E-state index contributed by atoms with van der Waals surface area (Å²) in [6.07, 6.45) is 10.4. The highest BCUT2D eigenvalue weighted by Crippen LogP contribution is 2.17. The smallest absolute Gasteiger partial charge is 0.315 e. The Labute approximate surface area is 108 Å². The number of hydrogen-bond acceptors (Lipinski definition) is 2. The van der Waals surface area contributed by atoms with Crippen LogP contribution in [0.25, 0.3) is 0 Å². The van der Waals surface area contributed by atoms with Crippen LogP contribution in [0.4, 0.5) is 4.79 Å². The van der Waals surface area contributed by atoms with Crippen LogP contribution in [0.3, 0.4) is 0 Å². The van der Waals surface area contributed by atoms with Crippen LogP contribution in [-0.2, 0) is 6.42 Å². The van der Waals surface area contributed by atoms with Crippen molar-refractivity contribution in [3.63, 3.8) is 0 Å². The van der Waals surface area contributed by atoms with E-state index in [1.54, 1.807) is 12.4 Å². The summed E-state index contributed by atoms with van der Waals surface area (Å²) in [5.41, 5.74) is 1.20. The number of hydrogen-bond donors (Lipinski definition) is 2. The molecule has 1 heterocycles. The summed E-state index contributed by atoms with van der Waals surface area (Å²) in [6.45, 7) is 0.669. The van der Waals surface area contributed by atoms with E-state index in [9.17, 15) is 4.79 Å². The number of nitrogens with one attached hydrogen (secondary N) is 2. The van der Waals surface area contributed by atoms with Crippen molar-refractivity contribution < 1.29 is 4.79 Å². The zero-order valence-corrected chi connectivity index (χ0v) is 10.7. The Morgan fingerprint density at radius 2 is 1.94 bits per heavy atom. The monoisotopic (exact) mass is 247 g/mol. The summed E-state index contributed by atoms with van der Waals surface area (Å²) in [5.74, 6) is 0. The number of aromatic nitrogens is 1. The molecule has 1 fully saturated rings. The third kappa shape index (κ3) is 4.35. The lowest BCUT2D eigenvalue weighted by Crippen LogP contribution is -2.43. The van der Waals surface area contributed by atoms with E-state index in [2.05, 4.69) is 15.6 Å². The molecule has 18 heavy (non-hydrogen) atoms. The number of amides is 2. The first-order valence-electron chi connectivity index (χ1n) is 6.78. The first kappa shape index (κ1) is 12.9. The zero-order valence-electron chi connectivity index (χ0n) is 10.7. The lowest BCUT2D eigenvalue weighted by molar-refractivity contribution is 0.233. The highest BCUT2D eigenvalue weighted by Gasteiger charge is 2.14. The second kappa shape index (κ2) is 6.99. The topological polar surface area (TPSA) is 54.0 Å². The summed E-state index contributed by atoms with van der Waals surface area (Å²) < 4.78 is 0. The Morgan fingerprint density at radius 3 is 2.67 bits per heavy atom. The molecule has 98 valence electrons. The quantitative estimate of drug-likeness (QED) is 0.857. The largest absolute Gasteiger partial charge is 0.338 e. The van der Waals surface area contributed by atoms with Gasteiger partial charge in [0.15, 0.2) is 0 Å². The Bertz CT molecular complexity index is 361. The first-order valence-corrected chi connectivity index (χ1v) is 6.78. The van der Waals surface area contributed by atoms with E-state index in [0.29, 0.717) is 12.6 Å². The van der Waals surface area contributed by atoms with Crippen LogP contribution >= 0.6 is 0 Å². The predicted molar refractivity (Wildman–Crippen MR) is 71.3 cm³/mol. The van der Waals surface area contributed by atoms with E-state index in [-0.39, 0.29) is 6.03 Å². The zero-order chi connectivity index (χ0) is 12.6. The molecule has 0 bridgehead atoms. The summed E-state index contributed by atoms with van der Waals surface area (Å²) in [5, 5.41) is 5.95. The molecule has 0 atom stereocenters. The second-order valence-electron chi connectivity index (χ2n) is 4.84. The van der Waals surface area contributed by atoms with Gasteiger partial charge in [0.2, 0.25) is 0 Å². The predicted octanol–water partition coefficient (Wildman–Crippen LogP) is 2.26. The molecule has 2 N–H and O–H groups in total. The maximum atomic E-state index is 11.7. The van der Waals surface area contributed by atoms with Crippen LogP contribution in [-0.4, -0.2) is 23.6 Å². The normalized spacial score (nSPS) is 16.2. The molecule has 1 aliphatic carbocycles. The summed E-state index contributed by atoms with van der Waals surface area (Å²) in [7, 11) is 0. The minimum atomic E-state index is -0.0315. The summed E-state index contributed by atoms with van der Waals surface area (Å²) in [4.78, 5) is 15.6. The number of carbonyl (C=O) groups excluding carboxylic acids is 1. The molecular weight excluding hydrogens is 226 g/mol. The molecule has 0 aliphatic heterocycles. The van der Waals surface area contributed by atoms with Crippen molar-refractivity contribution in [3.8, 4) is 0 Å². The van der Waals surface area contributed by atoms with Crippen molar-refractivity contribution in [2.75, 3.05) is 6.54 Å². The standard InChI is InChI=1S/C14H21N3O/c18-14(17-13-4-2-1-3-5-13)16-11-8-12-6-9-15-10-7-12/h6-7,9-10,13H,1-5,8,11H2,(H2,16,17,18). The van der Waals surface area contributed by atoms with Crippen LogP contribution in [0.2, 0.25) is 0 Å². The molecule has 0 saturated heterocycles. The van der Waals surface area contributed by atoms with Gasteiger partial charge in [0.25, 0.3) is 0 Å². The summed E-state index contributed by atoms with van der Waals surface area (Å²) >= 11 is 0. The maximum Gasteiger partial charge on any atom is 0.315 e. The highest BCUT2D eigenvalue weighted by atomic mass is 16.2. The molecule has 4 nitrogen and oxygen atoms in total. The van der Waals surface area contributed by atoms with Gasteiger partial charge in [0, 0.05) is 25.0 Å². The van der Waals surface area contributed by atoms with Crippen LogP contribution in [0.1, 0.15) is 37.7 Å². The third-order valence-corrected chi connectivity index (χ3v) is 3.39. The number of nitrogens with zero attached hydrogens (tertiary/aromatic N) is 1. The average molecular weight is 247 g/mol. The Kier molecular flexibility index (Phi) is 5.00. The summed E-state index contributed by atoms with van der Waals surface area (Å²) in [6, 6.07) is 4.29. The Morgan fingerprint density at radius 1 is 1.22 bits per heavy atom. The fraction of sp³-hybridized carbons (Fsp3) is 0.571. The van der Waals surface area contributed by atoms with Crippen molar-refractivity contribution in [3.05, 3.63) is 30.1 Å². The molecule has 1 aromatic rings. The molecule has 2 amide bonds. The van der Waals surface area contributed by atoms with Gasteiger partial charge in [-0.2, -0.15) is 0 Å². The molecule has 4 heteroatoms. The van der Waals surface area contributed by atoms with Crippen molar-refractivity contribution >= 4 is 6.03 Å². The van der Waals surface area contributed by atoms with E-state index in [1.807, 2.05) is 12.1 Å². The molecule has 0 aromatic carbocycles. The van der Waals surface area contributed by atoms with Gasteiger partial charge in [0.05, 0.1) is 0 Å². The van der Waals surface area contributed by atoms with Crippen LogP contribution in [0.15, 0.2) is 24.5 Å². The number of carbonyl (C=O) groups is 1. The van der Waals surface area contributed by atoms with Crippen LogP contribution in [0.5, 0.6) is 0 Å². The fourth-order valence-corrected chi connectivity index (χ4v) is 2.35. The molecular formula is C14H21N3O. The van der Waals surface area contributed by atoms with Gasteiger partial charge < -0.3 is 10.6 Å². The maximum absolute atomic E-state index is 11.7. The van der Waals surface area contributed by atoms with Gasteiger partial charge in [0.1, 0.15) is 0 Å². The number of rotatable bonds is 4. The molecule has 2 rings (SSSR count). The van der Waals surface area contributed by atoms with Crippen molar-refractivity contribution in [2.45, 2.75) is 44.6 Å². The van der Waals surface area contributed by atoms with Gasteiger partial charge in [-0.1, -0.05) is 19.3 Å². The number of urea groups is 1. The SMILES string of the molecule is O=C(NCCc1ccncc1)NC1CCCCC1. The van der Waals surface area contributed by atoms with E-state index in [0.717, 1.165) is 19.3 Å². The van der Waals surface area contributed by atoms with Crippen LogP contribution in [0, 0.1) is 0 Å². The molecule has 0 radical (unpaired) electrons. The van der Waals surface area contributed by atoms with E-state index >= 15 is 0 Å². The molecule has 0 spiro atoms. The average Bonchev–Trinajstić information content (AvgIpc) is 2.41. The minimum absolute atomic E-state index is 0.0315. The van der Waals surface area contributed by atoms with E-state index < -0.39 is 0 Å². The van der Waals surface area contributed by atoms with Gasteiger partial charge in [-0.15, -0.1) is 0 Å². The number of pyridine rings is 1. The first-order chi connectivity index (χ1) is 8.84. The van der Waals surface area contributed by atoms with Crippen molar-refractivity contribution in [1.29, 1.82) is 0 Å². The highest BCUT2D eigenvalue weighted by molar-refractivity contribution is 5.74. The minimum Gasteiger partial charge on any atom is -0.338 e. The van der Waals surface area contributed by atoms with Crippen molar-refractivity contribution in [2.24, 2.45) is 0 Å². The van der Waals surface area contributed by atoms with Gasteiger partial charge in [-0.05, 0) is 37.0 Å². The second-order valence-corrected chi connectivity index (χ2v) is 4.84. The van der Waals surface area contributed by atoms with E-state index in [4.69, 9.17) is 0 Å². The third-order valence-electron chi connectivity index (χ3n) is 3.39. The molecule has 1 aromatic heterocycles. The van der Waals surface area contributed by atoms with Crippen molar-refractivity contribution in [1.82, 2.24) is 15.6 Å². The van der Waals surface area contributed by atoms with Gasteiger partial charge in [-0.3, -0.25) is 4.98 Å². The Hall–Kier alpha value is -1.58. The van der Waals surface area contributed by atoms with Crippen LogP contribution < -0.4 is 10.6 Å². The fourth-order valence-electron chi connectivity index (χ4n) is 2.35.